The molecule has 2 aromatic carbocycles. The van der Waals surface area contributed by atoms with Crippen LogP contribution in [0.1, 0.15) is 31.0 Å². The van der Waals surface area contributed by atoms with Gasteiger partial charge in [-0.15, -0.1) is 0 Å². The predicted octanol–water partition coefficient (Wildman–Crippen LogP) is 2.96. The summed E-state index contributed by atoms with van der Waals surface area (Å²) in [7, 11) is 1.60. The van der Waals surface area contributed by atoms with Crippen LogP contribution in [-0.2, 0) is 16.0 Å². The molecule has 0 saturated carbocycles. The number of carbonyl (C=O) groups excluding carboxylic acids is 2. The first-order chi connectivity index (χ1) is 12.6. The fourth-order valence-electron chi connectivity index (χ4n) is 2.79. The largest absolute Gasteiger partial charge is 0.497 e. The lowest BCUT2D eigenvalue weighted by Crippen LogP contribution is -2.43. The van der Waals surface area contributed by atoms with E-state index in [0.717, 1.165) is 16.9 Å². The Kier molecular flexibility index (Phi) is 7.21. The van der Waals surface area contributed by atoms with Gasteiger partial charge in [0.05, 0.1) is 13.5 Å². The summed E-state index contributed by atoms with van der Waals surface area (Å²) in [5, 5.41) is 2.90. The number of methoxy groups -OCH3 is 1. The molecule has 0 heterocycles. The molecule has 2 amide bonds. The fourth-order valence-corrected chi connectivity index (χ4v) is 2.79. The van der Waals surface area contributed by atoms with E-state index in [-0.39, 0.29) is 18.2 Å². The van der Waals surface area contributed by atoms with Crippen molar-refractivity contribution in [3.05, 3.63) is 65.7 Å². The third-order valence-corrected chi connectivity index (χ3v) is 4.28. The van der Waals surface area contributed by atoms with Crippen molar-refractivity contribution < 1.29 is 14.3 Å². The second-order valence-electron chi connectivity index (χ2n) is 5.95. The highest BCUT2D eigenvalue weighted by Crippen LogP contribution is 2.17. The van der Waals surface area contributed by atoms with Crippen molar-refractivity contribution >= 4 is 11.8 Å². The summed E-state index contributed by atoms with van der Waals surface area (Å²) >= 11 is 0. The van der Waals surface area contributed by atoms with Crippen LogP contribution < -0.4 is 10.1 Å². The molecule has 2 aromatic rings. The SMILES string of the molecule is CCN(CC)C(=O)[C@@H](NC(=O)Cc1ccc(OC)cc1)c1ccccc1. The highest BCUT2D eigenvalue weighted by atomic mass is 16.5. The van der Waals surface area contributed by atoms with Crippen LogP contribution in [0.4, 0.5) is 0 Å². The van der Waals surface area contributed by atoms with Gasteiger partial charge < -0.3 is 15.0 Å². The average Bonchev–Trinajstić information content (AvgIpc) is 2.68. The molecule has 0 aliphatic carbocycles. The van der Waals surface area contributed by atoms with Gasteiger partial charge in [0, 0.05) is 13.1 Å². The van der Waals surface area contributed by atoms with E-state index in [0.29, 0.717) is 13.1 Å². The molecule has 0 aliphatic rings. The van der Waals surface area contributed by atoms with Gasteiger partial charge in [-0.1, -0.05) is 42.5 Å². The molecule has 0 unspecified atom stereocenters. The van der Waals surface area contributed by atoms with Gasteiger partial charge in [0.2, 0.25) is 11.8 Å². The molecule has 1 atom stereocenters. The number of likely N-dealkylation sites (N-methyl/N-ethyl adjacent to an activating group) is 1. The molecule has 0 fully saturated rings. The van der Waals surface area contributed by atoms with Gasteiger partial charge in [-0.05, 0) is 37.1 Å². The zero-order valence-corrected chi connectivity index (χ0v) is 15.6. The van der Waals surface area contributed by atoms with E-state index in [9.17, 15) is 9.59 Å². The highest BCUT2D eigenvalue weighted by molar-refractivity contribution is 5.89. The monoisotopic (exact) mass is 354 g/mol. The Hall–Kier alpha value is -2.82. The molecule has 26 heavy (non-hydrogen) atoms. The summed E-state index contributed by atoms with van der Waals surface area (Å²) in [6, 6.07) is 16.0. The number of carbonyl (C=O) groups is 2. The maximum atomic E-state index is 12.9. The molecule has 0 aliphatic heterocycles. The lowest BCUT2D eigenvalue weighted by atomic mass is 10.0. The van der Waals surface area contributed by atoms with E-state index in [1.165, 1.54) is 0 Å². The van der Waals surface area contributed by atoms with Crippen molar-refractivity contribution in [3.8, 4) is 5.75 Å². The molecule has 0 radical (unpaired) electrons. The molecule has 5 nitrogen and oxygen atoms in total. The van der Waals surface area contributed by atoms with Crippen molar-refractivity contribution in [2.75, 3.05) is 20.2 Å². The summed E-state index contributed by atoms with van der Waals surface area (Å²) in [6.45, 7) is 5.07. The molecule has 0 bridgehead atoms. The maximum Gasteiger partial charge on any atom is 0.249 e. The van der Waals surface area contributed by atoms with Crippen molar-refractivity contribution in [1.82, 2.24) is 10.2 Å². The zero-order valence-electron chi connectivity index (χ0n) is 15.6. The van der Waals surface area contributed by atoms with E-state index < -0.39 is 6.04 Å². The Morgan fingerprint density at radius 2 is 1.62 bits per heavy atom. The summed E-state index contributed by atoms with van der Waals surface area (Å²) < 4.78 is 5.13. The van der Waals surface area contributed by atoms with E-state index in [1.807, 2.05) is 68.4 Å². The van der Waals surface area contributed by atoms with Crippen LogP contribution >= 0.6 is 0 Å². The number of amides is 2. The standard InChI is InChI=1S/C21H26N2O3/c1-4-23(5-2)21(25)20(17-9-7-6-8-10-17)22-19(24)15-16-11-13-18(26-3)14-12-16/h6-14,20H,4-5,15H2,1-3H3,(H,22,24)/t20-/m0/s1. The molecule has 2 rings (SSSR count). The fraction of sp³-hybridized carbons (Fsp3) is 0.333. The Morgan fingerprint density at radius 3 is 2.15 bits per heavy atom. The van der Waals surface area contributed by atoms with E-state index >= 15 is 0 Å². The topological polar surface area (TPSA) is 58.6 Å². The van der Waals surface area contributed by atoms with E-state index in [2.05, 4.69) is 5.32 Å². The Balaban J connectivity index is 2.14. The predicted molar refractivity (Wildman–Crippen MR) is 102 cm³/mol. The van der Waals surface area contributed by atoms with Crippen molar-refractivity contribution in [1.29, 1.82) is 0 Å². The number of hydrogen-bond acceptors (Lipinski definition) is 3. The van der Waals surface area contributed by atoms with Gasteiger partial charge in [-0.3, -0.25) is 9.59 Å². The Bertz CT molecular complexity index is 710. The van der Waals surface area contributed by atoms with Crippen LogP contribution in [0.25, 0.3) is 0 Å². The molecular weight excluding hydrogens is 328 g/mol. The average molecular weight is 354 g/mol. The molecular formula is C21H26N2O3. The van der Waals surface area contributed by atoms with Gasteiger partial charge in [0.15, 0.2) is 0 Å². The van der Waals surface area contributed by atoms with Crippen LogP contribution in [-0.4, -0.2) is 36.9 Å². The normalized spacial score (nSPS) is 11.5. The van der Waals surface area contributed by atoms with Crippen LogP contribution in [0, 0.1) is 0 Å². The minimum atomic E-state index is -0.679. The maximum absolute atomic E-state index is 12.9. The first kappa shape index (κ1) is 19.5. The van der Waals surface area contributed by atoms with E-state index in [1.54, 1.807) is 12.0 Å². The number of ether oxygens (including phenoxy) is 1. The Labute approximate surface area is 155 Å². The van der Waals surface area contributed by atoms with Crippen LogP contribution in [0.2, 0.25) is 0 Å². The number of nitrogens with one attached hydrogen (secondary N) is 1. The van der Waals surface area contributed by atoms with Gasteiger partial charge in [-0.25, -0.2) is 0 Å². The summed E-state index contributed by atoms with van der Waals surface area (Å²) in [5.41, 5.74) is 1.65. The van der Waals surface area contributed by atoms with Crippen molar-refractivity contribution in [2.45, 2.75) is 26.3 Å². The lowest BCUT2D eigenvalue weighted by Gasteiger charge is -2.26. The highest BCUT2D eigenvalue weighted by Gasteiger charge is 2.26. The second-order valence-corrected chi connectivity index (χ2v) is 5.95. The van der Waals surface area contributed by atoms with E-state index in [4.69, 9.17) is 4.74 Å². The molecule has 1 N–H and O–H groups in total. The summed E-state index contributed by atoms with van der Waals surface area (Å²) in [4.78, 5) is 27.1. The minimum absolute atomic E-state index is 0.0933. The molecule has 0 spiro atoms. The quantitative estimate of drug-likeness (QED) is 0.793. The smallest absolute Gasteiger partial charge is 0.249 e. The first-order valence-electron chi connectivity index (χ1n) is 8.85. The third kappa shape index (κ3) is 5.09. The molecule has 138 valence electrons. The van der Waals surface area contributed by atoms with Crippen LogP contribution in [0.5, 0.6) is 5.75 Å². The van der Waals surface area contributed by atoms with Gasteiger partial charge in [0.25, 0.3) is 0 Å². The van der Waals surface area contributed by atoms with Crippen molar-refractivity contribution in [3.63, 3.8) is 0 Å². The number of hydrogen-bond donors (Lipinski definition) is 1. The van der Waals surface area contributed by atoms with Gasteiger partial charge >= 0.3 is 0 Å². The molecule has 5 heteroatoms. The van der Waals surface area contributed by atoms with Crippen LogP contribution in [0.3, 0.4) is 0 Å². The minimum Gasteiger partial charge on any atom is -0.497 e. The zero-order chi connectivity index (χ0) is 18.9. The Morgan fingerprint density at radius 1 is 1.00 bits per heavy atom. The molecule has 0 aromatic heterocycles. The molecule has 0 saturated heterocycles. The van der Waals surface area contributed by atoms with Crippen LogP contribution in [0.15, 0.2) is 54.6 Å². The lowest BCUT2D eigenvalue weighted by molar-refractivity contribution is -0.136. The van der Waals surface area contributed by atoms with Gasteiger partial charge in [0.1, 0.15) is 11.8 Å². The second kappa shape index (κ2) is 9.61. The van der Waals surface area contributed by atoms with Crippen molar-refractivity contribution in [2.24, 2.45) is 0 Å². The number of benzene rings is 2. The third-order valence-electron chi connectivity index (χ3n) is 4.28. The number of nitrogens with zero attached hydrogens (tertiary/aromatic N) is 1. The summed E-state index contributed by atoms with van der Waals surface area (Å²) in [6.07, 6.45) is 0.207. The number of rotatable bonds is 8. The first-order valence-corrected chi connectivity index (χ1v) is 8.85. The summed E-state index contributed by atoms with van der Waals surface area (Å²) in [5.74, 6) is 0.460. The van der Waals surface area contributed by atoms with Gasteiger partial charge in [-0.2, -0.15) is 0 Å².